The zero-order valence-electron chi connectivity index (χ0n) is 18.5. The lowest BCUT2D eigenvalue weighted by Gasteiger charge is -2.40. The summed E-state index contributed by atoms with van der Waals surface area (Å²) >= 11 is 0. The molecule has 0 saturated carbocycles. The van der Waals surface area contributed by atoms with Gasteiger partial charge in [0.25, 0.3) is 0 Å². The summed E-state index contributed by atoms with van der Waals surface area (Å²) in [5.41, 5.74) is 16.0. The fourth-order valence-corrected chi connectivity index (χ4v) is 5.96. The molecule has 3 aromatic rings. The van der Waals surface area contributed by atoms with Gasteiger partial charge >= 0.3 is 0 Å². The molecule has 5 rings (SSSR count). The van der Waals surface area contributed by atoms with E-state index in [1.165, 1.54) is 61.3 Å². The van der Waals surface area contributed by atoms with Gasteiger partial charge in [0.05, 0.1) is 6.04 Å². The molecule has 1 N–H and O–H groups in total. The van der Waals surface area contributed by atoms with Gasteiger partial charge in [0, 0.05) is 11.6 Å². The van der Waals surface area contributed by atoms with Gasteiger partial charge in [-0.3, -0.25) is 0 Å². The molecule has 1 heterocycles. The molecule has 0 amide bonds. The molecule has 1 heteroatoms. The van der Waals surface area contributed by atoms with Crippen LogP contribution in [0.3, 0.4) is 0 Å². The Balaban J connectivity index is 1.75. The minimum Gasteiger partial charge on any atom is -0.378 e. The highest BCUT2D eigenvalue weighted by Crippen LogP contribution is 2.55. The Bertz CT molecular complexity index is 1110. The Morgan fingerprint density at radius 1 is 0.724 bits per heavy atom. The lowest BCUT2D eigenvalue weighted by Crippen LogP contribution is -2.32. The summed E-state index contributed by atoms with van der Waals surface area (Å²) in [5, 5.41) is 4.00. The van der Waals surface area contributed by atoms with Crippen LogP contribution in [0.1, 0.15) is 67.6 Å². The first-order valence-corrected chi connectivity index (χ1v) is 10.9. The van der Waals surface area contributed by atoms with Crippen LogP contribution in [0.15, 0.2) is 42.5 Å². The van der Waals surface area contributed by atoms with Gasteiger partial charge in [0.2, 0.25) is 0 Å². The van der Waals surface area contributed by atoms with Crippen molar-refractivity contribution in [3.8, 4) is 0 Å². The van der Waals surface area contributed by atoms with Crippen molar-refractivity contribution >= 4 is 5.69 Å². The third kappa shape index (κ3) is 2.60. The minimum atomic E-state index is 0.348. The van der Waals surface area contributed by atoms with Crippen LogP contribution >= 0.6 is 0 Å². The van der Waals surface area contributed by atoms with E-state index in [0.717, 1.165) is 6.42 Å². The van der Waals surface area contributed by atoms with E-state index in [0.29, 0.717) is 17.9 Å². The molecule has 0 spiro atoms. The molecule has 0 radical (unpaired) electrons. The van der Waals surface area contributed by atoms with E-state index in [1.54, 1.807) is 0 Å². The second kappa shape index (κ2) is 6.49. The number of aryl methyl sites for hydroxylation is 1. The molecular weight excluding hydrogens is 350 g/mol. The smallest absolute Gasteiger partial charge is 0.0559 e. The second-order valence-corrected chi connectivity index (χ2v) is 9.30. The molecule has 2 aliphatic rings. The molecule has 1 nitrogen and oxygen atoms in total. The highest BCUT2D eigenvalue weighted by molar-refractivity contribution is 5.65. The van der Waals surface area contributed by atoms with Crippen molar-refractivity contribution in [2.75, 3.05) is 5.32 Å². The summed E-state index contributed by atoms with van der Waals surface area (Å²) in [4.78, 5) is 0. The number of anilines is 1. The Labute approximate surface area is 175 Å². The molecule has 0 saturated heterocycles. The first-order valence-electron chi connectivity index (χ1n) is 10.9. The highest BCUT2D eigenvalue weighted by Gasteiger charge is 2.44. The lowest BCUT2D eigenvalue weighted by atomic mass is 9.72. The predicted octanol–water partition coefficient (Wildman–Crippen LogP) is 7.01. The first-order chi connectivity index (χ1) is 13.9. The Morgan fingerprint density at radius 2 is 1.38 bits per heavy atom. The predicted molar refractivity (Wildman–Crippen MR) is 123 cm³/mol. The molecule has 3 aromatic carbocycles. The van der Waals surface area contributed by atoms with E-state index in [9.17, 15) is 0 Å². The third-order valence-corrected chi connectivity index (χ3v) is 7.92. The molecule has 3 atom stereocenters. The van der Waals surface area contributed by atoms with Gasteiger partial charge in [-0.05, 0) is 110 Å². The van der Waals surface area contributed by atoms with Gasteiger partial charge in [-0.1, -0.05) is 42.0 Å². The van der Waals surface area contributed by atoms with E-state index in [-0.39, 0.29) is 0 Å². The number of fused-ring (bicyclic) bond motifs is 5. The zero-order valence-corrected chi connectivity index (χ0v) is 18.5. The SMILES string of the molecule is Cc1ccc2c(c1)[C@H]1c3ccccc3C[C@H]1[C@H](c1c(C)c(C)c(C)c(C)c1C)N2. The number of hydrogen-bond acceptors (Lipinski definition) is 1. The monoisotopic (exact) mass is 381 g/mol. The van der Waals surface area contributed by atoms with Gasteiger partial charge < -0.3 is 5.32 Å². The van der Waals surface area contributed by atoms with Crippen LogP contribution in [0.4, 0.5) is 5.69 Å². The first kappa shape index (κ1) is 18.5. The maximum Gasteiger partial charge on any atom is 0.0559 e. The minimum absolute atomic E-state index is 0.348. The Morgan fingerprint density at radius 3 is 2.10 bits per heavy atom. The van der Waals surface area contributed by atoms with Gasteiger partial charge in [0.15, 0.2) is 0 Å². The van der Waals surface area contributed by atoms with Gasteiger partial charge in [0.1, 0.15) is 0 Å². The fraction of sp³-hybridized carbons (Fsp3) is 0.357. The van der Waals surface area contributed by atoms with E-state index < -0.39 is 0 Å². The number of rotatable bonds is 1. The van der Waals surface area contributed by atoms with Crippen LogP contribution < -0.4 is 5.32 Å². The van der Waals surface area contributed by atoms with Crippen LogP contribution in [0.2, 0.25) is 0 Å². The molecule has 0 aromatic heterocycles. The molecule has 0 fully saturated rings. The summed E-state index contributed by atoms with van der Waals surface area (Å²) < 4.78 is 0. The van der Waals surface area contributed by atoms with E-state index in [1.807, 2.05) is 0 Å². The van der Waals surface area contributed by atoms with Gasteiger partial charge in [-0.2, -0.15) is 0 Å². The zero-order chi connectivity index (χ0) is 20.4. The standard InChI is InChI=1S/C28H31N/c1-15-11-12-25-23(13-15)27-22-10-8-7-9-21(22)14-24(27)28(29-25)26-19(5)17(3)16(2)18(4)20(26)6/h7-13,24,27-29H,14H2,1-6H3/t24-,27-,28-/m1/s1. The average molecular weight is 382 g/mol. The highest BCUT2D eigenvalue weighted by atomic mass is 15.0. The molecular formula is C28H31N. The summed E-state index contributed by atoms with van der Waals surface area (Å²) in [7, 11) is 0. The molecule has 0 unspecified atom stereocenters. The topological polar surface area (TPSA) is 12.0 Å². The maximum absolute atomic E-state index is 4.00. The normalized spacial score (nSPS) is 21.9. The van der Waals surface area contributed by atoms with Crippen LogP contribution in [-0.2, 0) is 6.42 Å². The molecule has 1 aliphatic heterocycles. The van der Waals surface area contributed by atoms with E-state index in [4.69, 9.17) is 0 Å². The van der Waals surface area contributed by atoms with Crippen molar-refractivity contribution in [2.24, 2.45) is 5.92 Å². The van der Waals surface area contributed by atoms with Crippen LogP contribution in [0.5, 0.6) is 0 Å². The number of benzene rings is 3. The van der Waals surface area contributed by atoms with E-state index in [2.05, 4.69) is 89.3 Å². The van der Waals surface area contributed by atoms with Crippen LogP contribution in [-0.4, -0.2) is 0 Å². The summed E-state index contributed by atoms with van der Waals surface area (Å²) in [5.74, 6) is 1.04. The van der Waals surface area contributed by atoms with Gasteiger partial charge in [-0.25, -0.2) is 0 Å². The van der Waals surface area contributed by atoms with Crippen molar-refractivity contribution in [1.29, 1.82) is 0 Å². The Hall–Kier alpha value is -2.54. The summed E-state index contributed by atoms with van der Waals surface area (Å²) in [6.07, 6.45) is 1.15. The second-order valence-electron chi connectivity index (χ2n) is 9.30. The van der Waals surface area contributed by atoms with Crippen LogP contribution in [0, 0.1) is 47.5 Å². The number of hydrogen-bond donors (Lipinski definition) is 1. The average Bonchev–Trinajstić information content (AvgIpc) is 3.11. The quantitative estimate of drug-likeness (QED) is 0.478. The van der Waals surface area contributed by atoms with E-state index >= 15 is 0 Å². The fourth-order valence-electron chi connectivity index (χ4n) is 5.96. The van der Waals surface area contributed by atoms with Crippen molar-refractivity contribution in [2.45, 2.75) is 59.9 Å². The Kier molecular flexibility index (Phi) is 4.13. The number of nitrogens with one attached hydrogen (secondary N) is 1. The largest absolute Gasteiger partial charge is 0.378 e. The summed E-state index contributed by atoms with van der Waals surface area (Å²) in [6, 6.07) is 16.4. The van der Waals surface area contributed by atoms with Crippen molar-refractivity contribution < 1.29 is 0 Å². The van der Waals surface area contributed by atoms with Crippen molar-refractivity contribution in [3.05, 3.63) is 98.1 Å². The lowest BCUT2D eigenvalue weighted by molar-refractivity contribution is 0.418. The third-order valence-electron chi connectivity index (χ3n) is 7.92. The molecule has 0 bridgehead atoms. The molecule has 1 aliphatic carbocycles. The molecule has 148 valence electrons. The summed E-state index contributed by atoms with van der Waals surface area (Å²) in [6.45, 7) is 13.7. The maximum atomic E-state index is 4.00. The molecule has 29 heavy (non-hydrogen) atoms. The van der Waals surface area contributed by atoms with Crippen LogP contribution in [0.25, 0.3) is 0 Å². The van der Waals surface area contributed by atoms with Crippen molar-refractivity contribution in [3.63, 3.8) is 0 Å². The van der Waals surface area contributed by atoms with Crippen molar-refractivity contribution in [1.82, 2.24) is 0 Å². The van der Waals surface area contributed by atoms with Gasteiger partial charge in [-0.15, -0.1) is 0 Å².